The molecule has 1 unspecified atom stereocenters. The van der Waals surface area contributed by atoms with Crippen LogP contribution < -0.4 is 15.4 Å². The Kier molecular flexibility index (Phi) is 7.48. The molecule has 3 aliphatic rings. The molecule has 4 rings (SSSR count). The molecule has 1 aromatic carbocycles. The number of aliphatic imine (C=N–C) groups is 1. The molecule has 3 fully saturated rings. The van der Waals surface area contributed by atoms with Gasteiger partial charge >= 0.3 is 0 Å². The molecule has 1 aromatic rings. The number of nitrogens with one attached hydrogen (secondary N) is 2. The summed E-state index contributed by atoms with van der Waals surface area (Å²) >= 11 is 0. The van der Waals surface area contributed by atoms with Crippen molar-refractivity contribution in [2.45, 2.75) is 44.6 Å². The zero-order valence-corrected chi connectivity index (χ0v) is 19.6. The average Bonchev–Trinajstić information content (AvgIpc) is 3.63. The number of hydrogen-bond acceptors (Lipinski definition) is 3. The molecule has 6 heteroatoms. The third kappa shape index (κ3) is 5.12. The standard InChI is InChI=1S/C22H34N4O.HI/c1-23-21(25-16-22(11-12-22)18-7-8-18)24-15-20(26-13-3-4-14-26)17-5-9-19(27-2)10-6-17;/h5-6,9-10,18,20H,3-4,7-8,11-16H2,1-2H3,(H2,23,24,25);1H. The highest BCUT2D eigenvalue weighted by Crippen LogP contribution is 2.60. The molecule has 0 aromatic heterocycles. The predicted molar refractivity (Wildman–Crippen MR) is 126 cm³/mol. The third-order valence-corrected chi connectivity index (χ3v) is 6.71. The van der Waals surface area contributed by atoms with Crippen LogP contribution in [-0.4, -0.2) is 51.2 Å². The number of nitrogens with zero attached hydrogens (tertiary/aromatic N) is 2. The van der Waals surface area contributed by atoms with E-state index in [9.17, 15) is 0 Å². The van der Waals surface area contributed by atoms with E-state index in [4.69, 9.17) is 4.74 Å². The largest absolute Gasteiger partial charge is 0.497 e. The smallest absolute Gasteiger partial charge is 0.191 e. The van der Waals surface area contributed by atoms with Gasteiger partial charge in [0.2, 0.25) is 0 Å². The van der Waals surface area contributed by atoms with Crippen LogP contribution in [-0.2, 0) is 0 Å². The first-order valence-corrected chi connectivity index (χ1v) is 10.6. The summed E-state index contributed by atoms with van der Waals surface area (Å²) in [6.45, 7) is 4.31. The van der Waals surface area contributed by atoms with Crippen molar-refractivity contribution in [2.24, 2.45) is 16.3 Å². The molecule has 0 amide bonds. The fourth-order valence-corrected chi connectivity index (χ4v) is 4.60. The van der Waals surface area contributed by atoms with Gasteiger partial charge in [0.25, 0.3) is 0 Å². The van der Waals surface area contributed by atoms with Gasteiger partial charge in [-0.1, -0.05) is 12.1 Å². The minimum Gasteiger partial charge on any atom is -0.497 e. The number of guanidine groups is 1. The Morgan fingerprint density at radius 1 is 1.18 bits per heavy atom. The van der Waals surface area contributed by atoms with Crippen molar-refractivity contribution in [2.75, 3.05) is 40.3 Å². The lowest BCUT2D eigenvalue weighted by molar-refractivity contribution is 0.245. The maximum absolute atomic E-state index is 5.33. The summed E-state index contributed by atoms with van der Waals surface area (Å²) < 4.78 is 5.33. The Labute approximate surface area is 186 Å². The van der Waals surface area contributed by atoms with Gasteiger partial charge in [0, 0.05) is 20.1 Å². The number of benzene rings is 1. The summed E-state index contributed by atoms with van der Waals surface area (Å²) in [7, 11) is 3.60. The van der Waals surface area contributed by atoms with Gasteiger partial charge in [-0.15, -0.1) is 24.0 Å². The van der Waals surface area contributed by atoms with Gasteiger partial charge in [-0.2, -0.15) is 0 Å². The molecular formula is C22H35IN4O. The normalized spacial score (nSPS) is 22.3. The number of likely N-dealkylation sites (tertiary alicyclic amines) is 1. The molecular weight excluding hydrogens is 463 g/mol. The van der Waals surface area contributed by atoms with Crippen LogP contribution >= 0.6 is 24.0 Å². The highest BCUT2D eigenvalue weighted by molar-refractivity contribution is 14.0. The molecule has 0 bridgehead atoms. The Morgan fingerprint density at radius 2 is 1.86 bits per heavy atom. The summed E-state index contributed by atoms with van der Waals surface area (Å²) in [6, 6.07) is 8.91. The minimum absolute atomic E-state index is 0. The van der Waals surface area contributed by atoms with Crippen LogP contribution in [0.15, 0.2) is 29.3 Å². The van der Waals surface area contributed by atoms with Gasteiger partial charge < -0.3 is 15.4 Å². The summed E-state index contributed by atoms with van der Waals surface area (Å²) in [6.07, 6.45) is 8.24. The summed E-state index contributed by atoms with van der Waals surface area (Å²) in [4.78, 5) is 7.07. The van der Waals surface area contributed by atoms with Crippen LogP contribution in [0.2, 0.25) is 0 Å². The van der Waals surface area contributed by atoms with Crippen LogP contribution in [0.25, 0.3) is 0 Å². The van der Waals surface area contributed by atoms with Crippen LogP contribution in [0.4, 0.5) is 0 Å². The van der Waals surface area contributed by atoms with Gasteiger partial charge in [0.1, 0.15) is 5.75 Å². The zero-order chi connectivity index (χ0) is 18.7. The minimum atomic E-state index is 0. The fraction of sp³-hybridized carbons (Fsp3) is 0.682. The van der Waals surface area contributed by atoms with Crippen molar-refractivity contribution in [3.8, 4) is 5.75 Å². The van der Waals surface area contributed by atoms with Gasteiger partial charge in [-0.05, 0) is 80.6 Å². The van der Waals surface area contributed by atoms with E-state index in [-0.39, 0.29) is 24.0 Å². The highest BCUT2D eigenvalue weighted by atomic mass is 127. The average molecular weight is 498 g/mol. The summed E-state index contributed by atoms with van der Waals surface area (Å²) in [5.41, 5.74) is 1.93. The van der Waals surface area contributed by atoms with Crippen molar-refractivity contribution in [1.29, 1.82) is 0 Å². The Hall–Kier alpha value is -1.02. The second kappa shape index (κ2) is 9.65. The van der Waals surface area contributed by atoms with Crippen LogP contribution in [0, 0.1) is 11.3 Å². The Morgan fingerprint density at radius 3 is 2.39 bits per heavy atom. The molecule has 0 spiro atoms. The van der Waals surface area contributed by atoms with E-state index >= 15 is 0 Å². The monoisotopic (exact) mass is 498 g/mol. The van der Waals surface area contributed by atoms with Crippen LogP contribution in [0.3, 0.4) is 0 Å². The maximum Gasteiger partial charge on any atom is 0.191 e. The molecule has 5 nitrogen and oxygen atoms in total. The highest BCUT2D eigenvalue weighted by Gasteiger charge is 2.53. The van der Waals surface area contributed by atoms with E-state index in [0.29, 0.717) is 11.5 Å². The van der Waals surface area contributed by atoms with Crippen LogP contribution in [0.1, 0.15) is 50.1 Å². The lowest BCUT2D eigenvalue weighted by Crippen LogP contribution is -2.44. The van der Waals surface area contributed by atoms with Crippen molar-refractivity contribution < 1.29 is 4.74 Å². The van der Waals surface area contributed by atoms with E-state index in [1.165, 1.54) is 57.2 Å². The molecule has 0 radical (unpaired) electrons. The zero-order valence-electron chi connectivity index (χ0n) is 17.2. The molecule has 2 saturated carbocycles. The summed E-state index contributed by atoms with van der Waals surface area (Å²) in [5.74, 6) is 2.83. The molecule has 1 aliphatic heterocycles. The first-order valence-electron chi connectivity index (χ1n) is 10.6. The maximum atomic E-state index is 5.33. The lowest BCUT2D eigenvalue weighted by Gasteiger charge is -2.29. The molecule has 1 atom stereocenters. The van der Waals surface area contributed by atoms with Gasteiger partial charge in [-0.3, -0.25) is 9.89 Å². The fourth-order valence-electron chi connectivity index (χ4n) is 4.60. The third-order valence-electron chi connectivity index (χ3n) is 6.71. The van der Waals surface area contributed by atoms with E-state index < -0.39 is 0 Å². The van der Waals surface area contributed by atoms with Crippen LogP contribution in [0.5, 0.6) is 5.75 Å². The number of methoxy groups -OCH3 is 1. The van der Waals surface area contributed by atoms with Gasteiger partial charge in [0.05, 0.1) is 13.2 Å². The van der Waals surface area contributed by atoms with E-state index in [1.54, 1.807) is 7.11 Å². The SMILES string of the molecule is CN=C(NCC(c1ccc(OC)cc1)N1CCCC1)NCC1(C2CC2)CC1.I. The molecule has 1 heterocycles. The number of rotatable bonds is 8. The number of halogens is 1. The van der Waals surface area contributed by atoms with Crippen molar-refractivity contribution >= 4 is 29.9 Å². The number of hydrogen-bond donors (Lipinski definition) is 2. The molecule has 2 aliphatic carbocycles. The Balaban J connectivity index is 0.00000225. The molecule has 2 N–H and O–H groups in total. The first-order chi connectivity index (χ1) is 13.2. The topological polar surface area (TPSA) is 48.9 Å². The van der Waals surface area contributed by atoms with E-state index in [0.717, 1.165) is 30.7 Å². The lowest BCUT2D eigenvalue weighted by atomic mass is 10.0. The Bertz CT molecular complexity index is 649. The van der Waals surface area contributed by atoms with Crippen molar-refractivity contribution in [3.63, 3.8) is 0 Å². The van der Waals surface area contributed by atoms with E-state index in [1.807, 2.05) is 7.05 Å². The predicted octanol–water partition coefficient (Wildman–Crippen LogP) is 3.81. The second-order valence-corrected chi connectivity index (χ2v) is 8.48. The first kappa shape index (κ1) is 21.7. The summed E-state index contributed by atoms with van der Waals surface area (Å²) in [5, 5.41) is 7.21. The van der Waals surface area contributed by atoms with Crippen molar-refractivity contribution in [1.82, 2.24) is 15.5 Å². The van der Waals surface area contributed by atoms with Crippen molar-refractivity contribution in [3.05, 3.63) is 29.8 Å². The molecule has 1 saturated heterocycles. The molecule has 28 heavy (non-hydrogen) atoms. The molecule has 156 valence electrons. The number of ether oxygens (including phenoxy) is 1. The second-order valence-electron chi connectivity index (χ2n) is 8.48. The van der Waals surface area contributed by atoms with E-state index in [2.05, 4.69) is 44.8 Å². The van der Waals surface area contributed by atoms with Gasteiger partial charge in [0.15, 0.2) is 5.96 Å². The quantitative estimate of drug-likeness (QED) is 0.325. The van der Waals surface area contributed by atoms with Gasteiger partial charge in [-0.25, -0.2) is 0 Å².